The Hall–Kier alpha value is -3.50. The number of fused-ring (bicyclic) bond motifs is 2. The lowest BCUT2D eigenvalue weighted by molar-refractivity contribution is -0.508. The third kappa shape index (κ3) is 10.8. The minimum Gasteiger partial charge on any atom is -0.459 e. The predicted molar refractivity (Wildman–Crippen MR) is 197 cm³/mol. The summed E-state index contributed by atoms with van der Waals surface area (Å²) in [6.45, 7) is 24.8. The molecule has 0 spiro atoms. The second-order valence-electron chi connectivity index (χ2n) is 18.9. The molecule has 4 aliphatic carbocycles. The summed E-state index contributed by atoms with van der Waals surface area (Å²) in [4.78, 5) is 62.6. The topological polar surface area (TPSA) is 148 Å². The Morgan fingerprint density at radius 3 is 1.54 bits per heavy atom. The highest BCUT2D eigenvalue weighted by Crippen LogP contribution is 2.62. The van der Waals surface area contributed by atoms with Crippen molar-refractivity contribution >= 4 is 23.9 Å². The molecule has 52 heavy (non-hydrogen) atoms. The number of nitro groups is 1. The monoisotopic (exact) mass is 729 g/mol. The molecular weight excluding hydrogens is 666 g/mol. The highest BCUT2D eigenvalue weighted by molar-refractivity contribution is 6.15. The van der Waals surface area contributed by atoms with E-state index in [1.807, 2.05) is 13.0 Å². The first-order valence-electron chi connectivity index (χ1n) is 18.8. The van der Waals surface area contributed by atoms with Crippen LogP contribution in [-0.4, -0.2) is 57.7 Å². The van der Waals surface area contributed by atoms with E-state index in [2.05, 4.69) is 13.0 Å². The number of carbonyl (C=O) groups is 4. The fourth-order valence-electron chi connectivity index (χ4n) is 7.88. The Bertz CT molecular complexity index is 1450. The van der Waals surface area contributed by atoms with Crippen LogP contribution in [-0.2, 0) is 38.1 Å². The second kappa shape index (κ2) is 15.5. The molecule has 0 aromatic rings. The third-order valence-electron chi connectivity index (χ3n) is 9.80. The predicted octanol–water partition coefficient (Wildman–Crippen LogP) is 8.27. The van der Waals surface area contributed by atoms with Gasteiger partial charge in [0.2, 0.25) is 6.54 Å². The molecule has 5 atom stereocenters. The van der Waals surface area contributed by atoms with E-state index < -0.39 is 69.1 Å². The number of ether oxygens (including phenoxy) is 4. The molecule has 0 N–H and O–H groups in total. The van der Waals surface area contributed by atoms with Crippen LogP contribution in [0.15, 0.2) is 34.4 Å². The van der Waals surface area contributed by atoms with Crippen molar-refractivity contribution in [3.63, 3.8) is 0 Å². The summed E-state index contributed by atoms with van der Waals surface area (Å²) in [7, 11) is 0. The first kappa shape index (κ1) is 42.9. The molecule has 0 heterocycles. The molecule has 2 saturated carbocycles. The first-order chi connectivity index (χ1) is 23.6. The second-order valence-corrected chi connectivity index (χ2v) is 18.9. The molecule has 0 aromatic heterocycles. The number of carbonyl (C=O) groups excluding carboxylic acids is 4. The number of nitrogens with zero attached hydrogens (tertiary/aromatic N) is 1. The summed E-state index contributed by atoms with van der Waals surface area (Å²) in [5.41, 5.74) is -0.382. The number of hydrogen-bond acceptors (Lipinski definition) is 10. The Morgan fingerprint density at radius 2 is 1.13 bits per heavy atom. The molecule has 0 unspecified atom stereocenters. The van der Waals surface area contributed by atoms with Crippen molar-refractivity contribution in [3.8, 4) is 0 Å². The fraction of sp³-hybridized carbons (Fsp3) is 0.756. The van der Waals surface area contributed by atoms with Gasteiger partial charge in [0.25, 0.3) is 0 Å². The minimum atomic E-state index is -1.31. The number of allylic oxidation sites excluding steroid dienone is 5. The van der Waals surface area contributed by atoms with Crippen LogP contribution in [0.3, 0.4) is 0 Å². The molecule has 0 aromatic carbocycles. The van der Waals surface area contributed by atoms with Gasteiger partial charge in [-0.05, 0) is 145 Å². The van der Waals surface area contributed by atoms with E-state index in [0.29, 0.717) is 12.3 Å². The smallest absolute Gasteiger partial charge is 0.346 e. The molecule has 0 aliphatic heterocycles. The quantitative estimate of drug-likeness (QED) is 0.0332. The standard InChI is InChI=1S/C21H33NO6.C20H30O4/c1-8-13-9-14-11-21(12-22(25)26,15(14)10-13)16(17(23)27-19(2,3)4)18(24)28-20(5,6)7;1-8-12-9-13-11-15(14(13)10-12)16(17(21)23-19(2,3)4)18(22)24-20(5,6)7/h10,14-16H,8-9,11-12H2,1-7H3;10,13-14H,8-9,11H2,1-7H3/t14-,15-,21-;13-,14-/m11/s1. The molecule has 0 saturated heterocycles. The van der Waals surface area contributed by atoms with Crippen LogP contribution in [0.2, 0.25) is 0 Å². The van der Waals surface area contributed by atoms with Crippen molar-refractivity contribution < 1.29 is 43.0 Å². The Morgan fingerprint density at radius 1 is 0.712 bits per heavy atom. The summed E-state index contributed by atoms with van der Waals surface area (Å²) in [5, 5.41) is 11.5. The lowest BCUT2D eigenvalue weighted by Gasteiger charge is -2.52. The normalized spacial score (nSPS) is 25.2. The van der Waals surface area contributed by atoms with Crippen LogP contribution in [0.5, 0.6) is 0 Å². The zero-order valence-electron chi connectivity index (χ0n) is 34.0. The lowest BCUT2D eigenvalue weighted by Crippen LogP contribution is -2.60. The summed E-state index contributed by atoms with van der Waals surface area (Å²) in [6.07, 6.45) is 9.31. The van der Waals surface area contributed by atoms with Crippen LogP contribution in [0.4, 0.5) is 0 Å². The number of rotatable bonds is 9. The lowest BCUT2D eigenvalue weighted by atomic mass is 9.49. The summed E-state index contributed by atoms with van der Waals surface area (Å²) in [6, 6.07) is 0. The van der Waals surface area contributed by atoms with E-state index in [9.17, 15) is 29.3 Å². The van der Waals surface area contributed by atoms with Crippen molar-refractivity contribution in [2.24, 2.45) is 35.0 Å². The van der Waals surface area contributed by atoms with E-state index in [1.54, 1.807) is 83.1 Å². The molecule has 11 heteroatoms. The SMILES string of the molecule is CCC1=C[C@@H]2[C@H](C1)C[C@]2(C[N+](=O)[O-])C(C(=O)OC(C)(C)C)C(=O)OC(C)(C)C.CCC1=C[C@H]2C(=C(C(=O)OC(C)(C)C)C(=O)OC(C)(C)C)C[C@H]2C1. The Labute approximate surface area is 310 Å². The Balaban J connectivity index is 0.000000284. The number of hydrogen-bond donors (Lipinski definition) is 0. The highest BCUT2D eigenvalue weighted by Gasteiger charge is 2.67. The van der Waals surface area contributed by atoms with Crippen molar-refractivity contribution in [2.45, 2.75) is 158 Å². The molecule has 0 amide bonds. The first-order valence-corrected chi connectivity index (χ1v) is 18.8. The van der Waals surface area contributed by atoms with Crippen LogP contribution in [0.25, 0.3) is 0 Å². The average Bonchev–Trinajstić information content (AvgIpc) is 3.43. The van der Waals surface area contributed by atoms with Crippen molar-refractivity contribution in [3.05, 3.63) is 44.6 Å². The van der Waals surface area contributed by atoms with Crippen LogP contribution in [0, 0.1) is 45.1 Å². The maximum absolute atomic E-state index is 13.1. The highest BCUT2D eigenvalue weighted by atomic mass is 16.6. The third-order valence-corrected chi connectivity index (χ3v) is 9.80. The van der Waals surface area contributed by atoms with Gasteiger partial charge in [0.05, 0.1) is 5.41 Å². The fourth-order valence-corrected chi connectivity index (χ4v) is 7.88. The zero-order chi connectivity index (χ0) is 39.8. The van der Waals surface area contributed by atoms with Gasteiger partial charge in [0, 0.05) is 10.8 Å². The summed E-state index contributed by atoms with van der Waals surface area (Å²) >= 11 is 0. The summed E-state index contributed by atoms with van der Waals surface area (Å²) < 4.78 is 22.0. The van der Waals surface area contributed by atoms with E-state index in [-0.39, 0.29) is 23.3 Å². The summed E-state index contributed by atoms with van der Waals surface area (Å²) in [5.74, 6) is -3.15. The van der Waals surface area contributed by atoms with E-state index in [0.717, 1.165) is 37.7 Å². The van der Waals surface area contributed by atoms with E-state index >= 15 is 0 Å². The van der Waals surface area contributed by atoms with Gasteiger partial charge in [-0.15, -0.1) is 0 Å². The Kier molecular flexibility index (Phi) is 12.8. The molecule has 4 aliphatic rings. The molecule has 292 valence electrons. The van der Waals surface area contributed by atoms with Crippen LogP contribution < -0.4 is 0 Å². The molecular formula is C41H63NO10. The van der Waals surface area contributed by atoms with Crippen molar-refractivity contribution in [2.75, 3.05) is 6.54 Å². The molecule has 0 bridgehead atoms. The van der Waals surface area contributed by atoms with Crippen molar-refractivity contribution in [1.82, 2.24) is 0 Å². The molecule has 11 nitrogen and oxygen atoms in total. The maximum Gasteiger partial charge on any atom is 0.346 e. The molecule has 4 rings (SSSR count). The number of esters is 4. The van der Waals surface area contributed by atoms with Gasteiger partial charge in [-0.2, -0.15) is 0 Å². The molecule has 0 radical (unpaired) electrons. The van der Waals surface area contributed by atoms with E-state index in [4.69, 9.17) is 18.9 Å². The van der Waals surface area contributed by atoms with Gasteiger partial charge in [0.1, 0.15) is 28.0 Å². The van der Waals surface area contributed by atoms with Gasteiger partial charge in [0.15, 0.2) is 5.92 Å². The van der Waals surface area contributed by atoms with Crippen LogP contribution in [0.1, 0.15) is 135 Å². The molecule has 2 fully saturated rings. The van der Waals surface area contributed by atoms with Crippen molar-refractivity contribution in [1.29, 1.82) is 0 Å². The van der Waals surface area contributed by atoms with Gasteiger partial charge < -0.3 is 18.9 Å². The van der Waals surface area contributed by atoms with Gasteiger partial charge in [-0.3, -0.25) is 19.7 Å². The minimum absolute atomic E-state index is 0.106. The maximum atomic E-state index is 13.1. The average molecular weight is 730 g/mol. The largest absolute Gasteiger partial charge is 0.459 e. The van der Waals surface area contributed by atoms with E-state index in [1.165, 1.54) is 11.1 Å². The zero-order valence-corrected chi connectivity index (χ0v) is 34.0. The van der Waals surface area contributed by atoms with Gasteiger partial charge in [-0.25, -0.2) is 9.59 Å². The van der Waals surface area contributed by atoms with Gasteiger partial charge >= 0.3 is 23.9 Å². The van der Waals surface area contributed by atoms with Crippen LogP contribution >= 0.6 is 0 Å². The van der Waals surface area contributed by atoms with Gasteiger partial charge in [-0.1, -0.05) is 37.1 Å².